The van der Waals surface area contributed by atoms with E-state index in [1.54, 1.807) is 6.08 Å². The lowest BCUT2D eigenvalue weighted by Gasteiger charge is -2.52. The molecule has 0 aromatic carbocycles. The van der Waals surface area contributed by atoms with Gasteiger partial charge in [0.15, 0.2) is 31.5 Å². The predicted molar refractivity (Wildman–Crippen MR) is 472 cm³/mol. The van der Waals surface area contributed by atoms with E-state index in [4.69, 9.17) is 66.3 Å². The fourth-order valence-electron chi connectivity index (χ4n) is 18.4. The Balaban J connectivity index is 1.03. The van der Waals surface area contributed by atoms with Crippen LogP contribution in [0.25, 0.3) is 0 Å². The number of rotatable bonds is 62. The molecule has 4 amide bonds. The van der Waals surface area contributed by atoms with Gasteiger partial charge in [0.2, 0.25) is 23.6 Å². The van der Waals surface area contributed by atoms with E-state index in [1.807, 2.05) is 6.08 Å². The number of carbonyl (C=O) groups excluding carboxylic acids is 4. The summed E-state index contributed by atoms with van der Waals surface area (Å²) in [4.78, 5) is 78.9. The van der Waals surface area contributed by atoms with Crippen LogP contribution in [0.3, 0.4) is 0 Å². The number of hydrogen-bond acceptors (Lipinski definition) is 42. The molecule has 14 unspecified atom stereocenters. The standard InChI is InChI=1S/C90H158N4O44/c1-6-8-10-12-14-16-18-20-21-23-25-27-29-31-33-35-60(109)94-49(50(105)34-32-30-28-26-24-22-19-17-15-13-11-9-7-2)45-125-83-71(117)69(115)75(58(43-100)129-83)131-84-72(118)70(116)76(59(44-101)130-84)132-85-73(119)80(66(112)55(40-97)127-85)134-82-63(93-48(5)104)77(65(111)54(39-96)126-82)133-86-74(120)81(67(113)56(41-98)128-86)138-90(88(123)124)37-52(107)62(92-47(4)103)79(137-90)68(114)57(42-99)135-89(87(121)122)36-51(106)61(91-46(3)102)78(136-89)64(110)53(108)38-95/h32,34,49-59,61-86,95-101,105-108,110-120H,6-31,33,35-45H2,1-5H3,(H,91,102)(H,92,103)(H,93,104)(H,94,109)(H,121,122)(H,123,124)/b34-32+/t49-,50+,51?,52?,53+,54?,55?,56?,57+,58?,59?,61+,62+,63?,64+,65-,66-,67-,68+,69+,70+,71?,72?,73?,74?,75+,76-,77+,78?,79?,80-,81-,82-,83+,84-,85-,86-,89+,90-/m0/s1. The van der Waals surface area contributed by atoms with Crippen molar-refractivity contribution >= 4 is 35.6 Å². The molecule has 7 aliphatic rings. The van der Waals surface area contributed by atoms with Gasteiger partial charge in [-0.2, -0.15) is 0 Å². The summed E-state index contributed by atoms with van der Waals surface area (Å²) in [7, 11) is 0. The maximum atomic E-state index is 13.8. The lowest BCUT2D eigenvalue weighted by Crippen LogP contribution is -2.72. The number of aliphatic hydroxyl groups excluding tert-OH is 22. The van der Waals surface area contributed by atoms with Crippen molar-refractivity contribution in [1.82, 2.24) is 21.3 Å². The number of aliphatic hydroxyl groups is 22. The first-order chi connectivity index (χ1) is 65.8. The summed E-state index contributed by atoms with van der Waals surface area (Å²) in [6.45, 7) is -1.90. The number of unbranched alkanes of at least 4 members (excludes halogenated alkanes) is 25. The summed E-state index contributed by atoms with van der Waals surface area (Å²) in [6, 6.07) is -6.98. The second-order valence-electron chi connectivity index (χ2n) is 37.1. The van der Waals surface area contributed by atoms with Gasteiger partial charge >= 0.3 is 11.9 Å². The summed E-state index contributed by atoms with van der Waals surface area (Å²) >= 11 is 0. The van der Waals surface area contributed by atoms with Gasteiger partial charge in [-0.1, -0.05) is 180 Å². The van der Waals surface area contributed by atoms with Crippen LogP contribution in [0.4, 0.5) is 0 Å². The number of amides is 4. The van der Waals surface area contributed by atoms with Gasteiger partial charge in [0.05, 0.1) is 89.3 Å². The zero-order valence-corrected chi connectivity index (χ0v) is 79.3. The minimum atomic E-state index is -3.56. The molecule has 48 nitrogen and oxygen atoms in total. The van der Waals surface area contributed by atoms with Gasteiger partial charge in [-0.25, -0.2) is 9.59 Å². The molecule has 802 valence electrons. The summed E-state index contributed by atoms with van der Waals surface area (Å²) in [6.07, 6.45) is -40.9. The number of ether oxygens (including phenoxy) is 14. The van der Waals surface area contributed by atoms with Crippen molar-refractivity contribution in [2.75, 3.05) is 52.9 Å². The quantitative estimate of drug-likeness (QED) is 0.0199. The Morgan fingerprint density at radius 1 is 0.391 bits per heavy atom. The summed E-state index contributed by atoms with van der Waals surface area (Å²) in [5.41, 5.74) is 0. The minimum absolute atomic E-state index is 0.146. The third kappa shape index (κ3) is 33.8. The first-order valence-electron chi connectivity index (χ1n) is 48.7. The molecule has 138 heavy (non-hydrogen) atoms. The van der Waals surface area contributed by atoms with Crippen LogP contribution in [0.5, 0.6) is 0 Å². The topological polar surface area (TPSA) is 765 Å². The van der Waals surface area contributed by atoms with Crippen molar-refractivity contribution in [3.8, 4) is 0 Å². The van der Waals surface area contributed by atoms with Crippen molar-refractivity contribution < 1.29 is 218 Å². The van der Waals surface area contributed by atoms with E-state index in [1.165, 1.54) is 103 Å². The molecule has 0 aromatic heterocycles. The van der Waals surface area contributed by atoms with Gasteiger partial charge in [-0.3, -0.25) is 19.2 Å². The molecule has 7 fully saturated rings. The van der Waals surface area contributed by atoms with Crippen LogP contribution in [0, 0.1) is 0 Å². The molecule has 0 bridgehead atoms. The second kappa shape index (κ2) is 60.3. The smallest absolute Gasteiger partial charge is 0.364 e. The van der Waals surface area contributed by atoms with Crippen LogP contribution in [0.15, 0.2) is 12.2 Å². The summed E-state index contributed by atoms with van der Waals surface area (Å²) < 4.78 is 82.4. The average Bonchev–Trinajstić information content (AvgIpc) is 0.727. The molecule has 0 radical (unpaired) electrons. The summed E-state index contributed by atoms with van der Waals surface area (Å²) in [5.74, 6) is -14.7. The number of allylic oxidation sites excluding steroid dienone is 1. The molecule has 7 aliphatic heterocycles. The Labute approximate surface area is 801 Å². The fraction of sp³-hybridized carbons (Fsp3) is 0.911. The Morgan fingerprint density at radius 3 is 1.20 bits per heavy atom. The molecule has 0 spiro atoms. The highest BCUT2D eigenvalue weighted by Crippen LogP contribution is 2.43. The zero-order valence-electron chi connectivity index (χ0n) is 79.3. The normalized spacial score (nSPS) is 36.6. The molecule has 0 saturated carbocycles. The first kappa shape index (κ1) is 120. The molecular formula is C90H158N4O44. The van der Waals surface area contributed by atoms with Gasteiger partial charge < -0.3 is 210 Å². The molecule has 0 aromatic rings. The van der Waals surface area contributed by atoms with E-state index in [2.05, 4.69) is 35.1 Å². The van der Waals surface area contributed by atoms with Crippen molar-refractivity contribution in [2.24, 2.45) is 0 Å². The molecular weight excluding hydrogens is 1840 g/mol. The Bertz CT molecular complexity index is 3540. The monoisotopic (exact) mass is 2000 g/mol. The number of carboxylic acids is 2. The number of carboxylic acid groups (broad SMARTS) is 2. The van der Waals surface area contributed by atoms with Crippen LogP contribution < -0.4 is 21.3 Å². The number of carbonyl (C=O) groups is 6. The van der Waals surface area contributed by atoms with Gasteiger partial charge in [-0.05, 0) is 19.3 Å². The lowest BCUT2D eigenvalue weighted by atomic mass is 9.87. The third-order valence-electron chi connectivity index (χ3n) is 26.2. The van der Waals surface area contributed by atoms with Gasteiger partial charge in [-0.15, -0.1) is 0 Å². The van der Waals surface area contributed by atoms with Crippen molar-refractivity contribution in [1.29, 1.82) is 0 Å². The van der Waals surface area contributed by atoms with Gasteiger partial charge in [0.1, 0.15) is 159 Å². The van der Waals surface area contributed by atoms with E-state index in [-0.39, 0.29) is 12.3 Å². The van der Waals surface area contributed by atoms with Crippen LogP contribution in [0.1, 0.15) is 227 Å². The fourth-order valence-corrected chi connectivity index (χ4v) is 18.4. The largest absolute Gasteiger partial charge is 0.477 e. The van der Waals surface area contributed by atoms with Crippen LogP contribution in [0.2, 0.25) is 0 Å². The van der Waals surface area contributed by atoms with Crippen molar-refractivity contribution in [2.45, 2.75) is 465 Å². The Hall–Kier alpha value is -4.88. The minimum Gasteiger partial charge on any atom is -0.477 e. The lowest BCUT2D eigenvalue weighted by molar-refractivity contribution is -0.393. The number of aliphatic carboxylic acids is 2. The third-order valence-corrected chi connectivity index (χ3v) is 26.2. The maximum Gasteiger partial charge on any atom is 0.364 e. The Kier molecular flexibility index (Phi) is 52.4. The number of hydrogen-bond donors (Lipinski definition) is 28. The Morgan fingerprint density at radius 2 is 0.754 bits per heavy atom. The van der Waals surface area contributed by atoms with E-state index in [0.29, 0.717) is 12.8 Å². The molecule has 7 rings (SSSR count). The molecule has 39 atom stereocenters. The first-order valence-corrected chi connectivity index (χ1v) is 48.7. The molecule has 28 N–H and O–H groups in total. The van der Waals surface area contributed by atoms with E-state index < -0.39 is 333 Å². The van der Waals surface area contributed by atoms with Crippen LogP contribution >= 0.6 is 0 Å². The zero-order chi connectivity index (χ0) is 102. The second-order valence-corrected chi connectivity index (χ2v) is 37.1. The van der Waals surface area contributed by atoms with Gasteiger partial charge in [0, 0.05) is 40.0 Å². The number of nitrogens with one attached hydrogen (secondary N) is 4. The van der Waals surface area contributed by atoms with Crippen LogP contribution in [-0.2, 0) is 95.1 Å². The van der Waals surface area contributed by atoms with Crippen molar-refractivity contribution in [3.05, 3.63) is 12.2 Å². The average molecular weight is 2000 g/mol. The molecule has 7 heterocycles. The SMILES string of the molecule is CCCCCCCCCCCCC/C=C/[C@@H](O)[C@H](CO[C@@H]1OC(CO)[C@@H](O[C@@H]2OC(CO)[C@H](O[C@@H]3OC(CO)[C@H](O)[C@H](O[C@@H]4OC(CO)[C@H](O)[C@H](O[C@@H]5OC(CO)[C@H](O)[C@H](O[C@]6(C(=O)O)CC(O)[C@@H](NC(C)=O)C([C@H](O)[C@@H](CO)O[C@]7(C(=O)O)CC(O)[C@@H](NC(C)=O)C([C@H](O)[C@H](O)CO)O7)O6)C5O)C4NC(C)=O)C3O)[C@H](O)C2O)[C@H](O)C1O)NC(=O)CCCCCCCCCCCCCCCCC. The van der Waals surface area contributed by atoms with E-state index >= 15 is 0 Å². The molecule has 48 heteroatoms. The highest BCUT2D eigenvalue weighted by molar-refractivity contribution is 5.78. The molecule has 0 aliphatic carbocycles. The predicted octanol–water partition coefficient (Wildman–Crippen LogP) is -6.04. The van der Waals surface area contributed by atoms with Crippen molar-refractivity contribution in [3.63, 3.8) is 0 Å². The van der Waals surface area contributed by atoms with E-state index in [0.717, 1.165) is 78.6 Å². The highest BCUT2D eigenvalue weighted by atomic mass is 16.8. The molecule has 7 saturated heterocycles. The van der Waals surface area contributed by atoms with Gasteiger partial charge in [0.25, 0.3) is 11.6 Å². The maximum absolute atomic E-state index is 13.8. The van der Waals surface area contributed by atoms with Crippen LogP contribution in [-0.4, -0.2) is 449 Å². The highest BCUT2D eigenvalue weighted by Gasteiger charge is 2.64. The summed E-state index contributed by atoms with van der Waals surface area (Å²) in [5, 5.41) is 281. The van der Waals surface area contributed by atoms with E-state index in [9.17, 15) is 151 Å².